The zero-order valence-corrected chi connectivity index (χ0v) is 16.7. The van der Waals surface area contributed by atoms with Crippen LogP contribution in [0.2, 0.25) is 0 Å². The number of carbonyl (C=O) groups excluding carboxylic acids is 2. The molecule has 121 valence electrons. The molecule has 0 atom stereocenters. The average molecular weight is 380 g/mol. The molecule has 0 bridgehead atoms. The van der Waals surface area contributed by atoms with Crippen LogP contribution in [0.5, 0.6) is 0 Å². The molecule has 1 saturated carbocycles. The van der Waals surface area contributed by atoms with Crippen molar-refractivity contribution < 1.29 is 42.3 Å². The molecule has 0 aromatic rings. The quantitative estimate of drug-likeness (QED) is 0.707. The van der Waals surface area contributed by atoms with E-state index in [1.54, 1.807) is 0 Å². The zero-order valence-electron chi connectivity index (χ0n) is 13.9. The predicted molar refractivity (Wildman–Crippen MR) is 84.1 cm³/mol. The number of rotatable bonds is 3. The van der Waals surface area contributed by atoms with Gasteiger partial charge in [0, 0.05) is 57.6 Å². The minimum Gasteiger partial charge on any atom is -0.661 e. The molecular weight excluding hydrogens is 353 g/mol. The molecule has 2 heterocycles. The van der Waals surface area contributed by atoms with Gasteiger partial charge in [-0.25, -0.2) is 0 Å². The number of hydrogen-bond acceptors (Lipinski definition) is 2. The SMILES string of the molecule is C=CC(=O)C1CCC(C(=O)N2CC3(C[N-]C3)C2)CC1.CC.[Y]. The second-order valence-corrected chi connectivity index (χ2v) is 6.39. The van der Waals surface area contributed by atoms with Gasteiger partial charge in [0.1, 0.15) is 0 Å². The third-order valence-corrected chi connectivity index (χ3v) is 4.94. The van der Waals surface area contributed by atoms with Crippen molar-refractivity contribution in [2.24, 2.45) is 17.3 Å². The van der Waals surface area contributed by atoms with Gasteiger partial charge >= 0.3 is 0 Å². The summed E-state index contributed by atoms with van der Waals surface area (Å²) in [6, 6.07) is 0. The van der Waals surface area contributed by atoms with Crippen LogP contribution in [0, 0.1) is 17.3 Å². The molecule has 1 spiro atoms. The molecule has 2 saturated heterocycles. The van der Waals surface area contributed by atoms with Gasteiger partial charge in [-0.3, -0.25) is 9.59 Å². The van der Waals surface area contributed by atoms with Crippen LogP contribution >= 0.6 is 0 Å². The van der Waals surface area contributed by atoms with E-state index >= 15 is 0 Å². The van der Waals surface area contributed by atoms with Gasteiger partial charge in [-0.15, -0.1) is 13.1 Å². The Bertz CT molecular complexity index is 405. The van der Waals surface area contributed by atoms with E-state index in [4.69, 9.17) is 0 Å². The molecule has 3 rings (SSSR count). The fourth-order valence-electron chi connectivity index (χ4n) is 3.60. The molecular formula is C17H27N2O2Y-. The Morgan fingerprint density at radius 2 is 1.59 bits per heavy atom. The summed E-state index contributed by atoms with van der Waals surface area (Å²) in [6.07, 6.45) is 4.82. The smallest absolute Gasteiger partial charge is 0.225 e. The van der Waals surface area contributed by atoms with Crippen molar-refractivity contribution in [1.82, 2.24) is 4.90 Å². The minimum absolute atomic E-state index is 0. The van der Waals surface area contributed by atoms with E-state index in [2.05, 4.69) is 11.9 Å². The third-order valence-electron chi connectivity index (χ3n) is 4.94. The first-order chi connectivity index (χ1) is 10.1. The second-order valence-electron chi connectivity index (χ2n) is 6.39. The molecule has 3 fully saturated rings. The van der Waals surface area contributed by atoms with E-state index in [9.17, 15) is 9.59 Å². The summed E-state index contributed by atoms with van der Waals surface area (Å²) in [4.78, 5) is 25.9. The van der Waals surface area contributed by atoms with E-state index in [1.165, 1.54) is 6.08 Å². The Hall–Kier alpha value is -0.0561. The van der Waals surface area contributed by atoms with Crippen LogP contribution in [-0.2, 0) is 42.3 Å². The maximum absolute atomic E-state index is 12.3. The van der Waals surface area contributed by atoms with Crippen molar-refractivity contribution in [2.45, 2.75) is 39.5 Å². The van der Waals surface area contributed by atoms with Gasteiger partial charge < -0.3 is 10.2 Å². The number of amides is 1. The summed E-state index contributed by atoms with van der Waals surface area (Å²) < 4.78 is 0. The summed E-state index contributed by atoms with van der Waals surface area (Å²) in [5.41, 5.74) is 0.353. The first-order valence-electron chi connectivity index (χ1n) is 8.22. The molecule has 0 N–H and O–H groups in total. The number of hydrogen-bond donors (Lipinski definition) is 0. The largest absolute Gasteiger partial charge is 0.661 e. The predicted octanol–water partition coefficient (Wildman–Crippen LogP) is 2.79. The standard InChI is InChI=1S/C15H21N2O2.C2H6.Y/c1-2-13(18)11-3-5-12(6-4-11)14(19)17-9-15(10-17)7-16-8-15;1-2;/h2,11-12H,1,3-10H2;1-2H3;/q-1;;. The van der Waals surface area contributed by atoms with E-state index in [1.807, 2.05) is 18.7 Å². The maximum Gasteiger partial charge on any atom is 0.225 e. The first kappa shape index (κ1) is 20.0. The van der Waals surface area contributed by atoms with E-state index in [0.717, 1.165) is 51.9 Å². The molecule has 1 aliphatic carbocycles. The summed E-state index contributed by atoms with van der Waals surface area (Å²) in [7, 11) is 0. The van der Waals surface area contributed by atoms with Gasteiger partial charge in [0.15, 0.2) is 5.78 Å². The first-order valence-corrected chi connectivity index (χ1v) is 8.22. The fraction of sp³-hybridized carbons (Fsp3) is 0.765. The molecule has 5 heteroatoms. The van der Waals surface area contributed by atoms with Gasteiger partial charge in [0.25, 0.3) is 0 Å². The van der Waals surface area contributed by atoms with Crippen molar-refractivity contribution in [2.75, 3.05) is 26.2 Å². The Kier molecular flexibility index (Phi) is 7.91. The molecule has 22 heavy (non-hydrogen) atoms. The topological polar surface area (TPSA) is 51.5 Å². The molecule has 4 nitrogen and oxygen atoms in total. The van der Waals surface area contributed by atoms with Crippen molar-refractivity contribution in [3.63, 3.8) is 0 Å². The molecule has 3 aliphatic rings. The van der Waals surface area contributed by atoms with Gasteiger partial charge in [-0.2, -0.15) is 0 Å². The third kappa shape index (κ3) is 4.07. The number of carbonyl (C=O) groups is 2. The zero-order chi connectivity index (χ0) is 15.5. The summed E-state index contributed by atoms with van der Waals surface area (Å²) in [5, 5.41) is 4.25. The monoisotopic (exact) mass is 380 g/mol. The Balaban J connectivity index is 0.000000775. The van der Waals surface area contributed by atoms with Crippen LogP contribution in [0.4, 0.5) is 0 Å². The van der Waals surface area contributed by atoms with Crippen LogP contribution in [0.3, 0.4) is 0 Å². The van der Waals surface area contributed by atoms with Gasteiger partial charge in [-0.05, 0) is 37.2 Å². The van der Waals surface area contributed by atoms with Gasteiger partial charge in [0.05, 0.1) is 0 Å². The average Bonchev–Trinajstić information content (AvgIpc) is 2.45. The van der Waals surface area contributed by atoms with Crippen LogP contribution in [0.25, 0.3) is 5.32 Å². The number of ketones is 1. The van der Waals surface area contributed by atoms with Crippen LogP contribution < -0.4 is 0 Å². The van der Waals surface area contributed by atoms with Gasteiger partial charge in [-0.1, -0.05) is 20.4 Å². The number of nitrogens with zero attached hydrogens (tertiary/aromatic N) is 2. The Morgan fingerprint density at radius 3 is 2.00 bits per heavy atom. The van der Waals surface area contributed by atoms with Crippen LogP contribution in [0.15, 0.2) is 12.7 Å². The van der Waals surface area contributed by atoms with Crippen molar-refractivity contribution in [3.8, 4) is 0 Å². The van der Waals surface area contributed by atoms with Crippen molar-refractivity contribution in [3.05, 3.63) is 18.0 Å². The molecule has 2 aliphatic heterocycles. The van der Waals surface area contributed by atoms with Crippen molar-refractivity contribution >= 4 is 11.7 Å². The van der Waals surface area contributed by atoms with E-state index in [0.29, 0.717) is 11.3 Å². The molecule has 0 aromatic carbocycles. The number of allylic oxidation sites excluding steroid dienone is 1. The van der Waals surface area contributed by atoms with Gasteiger partial charge in [0.2, 0.25) is 5.91 Å². The fourth-order valence-corrected chi connectivity index (χ4v) is 3.60. The number of likely N-dealkylation sites (tertiary alicyclic amines) is 1. The maximum atomic E-state index is 12.3. The van der Waals surface area contributed by atoms with E-state index < -0.39 is 0 Å². The second kappa shape index (κ2) is 8.70. The minimum atomic E-state index is 0. The molecule has 0 unspecified atom stereocenters. The summed E-state index contributed by atoms with van der Waals surface area (Å²) in [6.45, 7) is 11.2. The van der Waals surface area contributed by atoms with Crippen LogP contribution in [0.1, 0.15) is 39.5 Å². The van der Waals surface area contributed by atoms with Crippen LogP contribution in [-0.4, -0.2) is 42.8 Å². The summed E-state index contributed by atoms with van der Waals surface area (Å²) >= 11 is 0. The normalized spacial score (nSPS) is 28.2. The molecule has 1 amide bonds. The Labute approximate surface area is 159 Å². The molecule has 1 radical (unpaired) electrons. The van der Waals surface area contributed by atoms with Crippen molar-refractivity contribution in [1.29, 1.82) is 0 Å². The summed E-state index contributed by atoms with van der Waals surface area (Å²) in [5.74, 6) is 0.699. The Morgan fingerprint density at radius 1 is 1.09 bits per heavy atom. The van der Waals surface area contributed by atoms with E-state index in [-0.39, 0.29) is 50.3 Å². The molecule has 0 aromatic heterocycles.